The third-order valence-corrected chi connectivity index (χ3v) is 2.54. The quantitative estimate of drug-likeness (QED) is 0.720. The average Bonchev–Trinajstić information content (AvgIpc) is 2.83. The van der Waals surface area contributed by atoms with E-state index in [4.69, 9.17) is 9.47 Å². The van der Waals surface area contributed by atoms with E-state index in [0.29, 0.717) is 6.61 Å². The molecule has 0 radical (unpaired) electrons. The second-order valence-electron chi connectivity index (χ2n) is 3.52. The summed E-state index contributed by atoms with van der Waals surface area (Å²) in [4.78, 5) is 13.2. The molecule has 16 heavy (non-hydrogen) atoms. The van der Waals surface area contributed by atoms with Crippen LogP contribution in [0.2, 0.25) is 0 Å². The number of rotatable bonds is 3. The molecule has 1 N–H and O–H groups in total. The molecule has 0 saturated carbocycles. The Balaban J connectivity index is 2.14. The van der Waals surface area contributed by atoms with Crippen LogP contribution in [0.4, 0.5) is 4.79 Å². The van der Waals surface area contributed by atoms with Crippen LogP contribution >= 0.6 is 0 Å². The first-order chi connectivity index (χ1) is 7.66. The van der Waals surface area contributed by atoms with Gasteiger partial charge in [-0.15, -0.1) is 0 Å². The van der Waals surface area contributed by atoms with Gasteiger partial charge in [0.1, 0.15) is 6.26 Å². The normalized spacial score (nSPS) is 29.2. The summed E-state index contributed by atoms with van der Waals surface area (Å²) in [6.07, 6.45) is 1.38. The molecule has 2 amide bonds. The molecule has 0 aliphatic carbocycles. The summed E-state index contributed by atoms with van der Waals surface area (Å²) < 4.78 is 10.3. The van der Waals surface area contributed by atoms with E-state index in [2.05, 4.69) is 0 Å². The van der Waals surface area contributed by atoms with Crippen molar-refractivity contribution in [3.63, 3.8) is 0 Å². The maximum absolute atomic E-state index is 11.9. The lowest BCUT2D eigenvalue weighted by molar-refractivity contribution is -0.143. The van der Waals surface area contributed by atoms with Gasteiger partial charge in [-0.05, 0) is 6.92 Å². The van der Waals surface area contributed by atoms with Crippen LogP contribution in [0.15, 0.2) is 12.5 Å². The molecule has 1 saturated heterocycles. The summed E-state index contributed by atoms with van der Waals surface area (Å²) in [5, 5.41) is 12.7. The lowest BCUT2D eigenvalue weighted by atomic mass is 10.5. The maximum Gasteiger partial charge on any atom is 0.343 e. The molecule has 2 unspecified atom stereocenters. The largest absolute Gasteiger partial charge is 0.477 e. The van der Waals surface area contributed by atoms with Crippen LogP contribution in [0.1, 0.15) is 6.92 Å². The van der Waals surface area contributed by atoms with Gasteiger partial charge in [0.2, 0.25) is 0 Å². The number of aliphatic hydroxyl groups is 1. The second kappa shape index (κ2) is 4.18. The monoisotopic (exact) mass is 229 g/mol. The van der Waals surface area contributed by atoms with Gasteiger partial charge in [-0.2, -0.15) is 5.01 Å². The van der Waals surface area contributed by atoms with E-state index in [1.54, 1.807) is 13.2 Å². The smallest absolute Gasteiger partial charge is 0.343 e. The lowest BCUT2D eigenvalue weighted by Crippen LogP contribution is -2.46. The number of hydrogen-bond donors (Lipinski definition) is 1. The van der Waals surface area contributed by atoms with Crippen LogP contribution in [-0.4, -0.2) is 58.9 Å². The van der Waals surface area contributed by atoms with Crippen molar-refractivity contribution in [2.45, 2.75) is 19.4 Å². The van der Waals surface area contributed by atoms with Crippen LogP contribution in [0.25, 0.3) is 0 Å². The predicted molar refractivity (Wildman–Crippen MR) is 53.3 cm³/mol. The summed E-state index contributed by atoms with van der Waals surface area (Å²) >= 11 is 0. The fourth-order valence-electron chi connectivity index (χ4n) is 1.74. The Bertz CT molecular complexity index is 309. The molecule has 2 aliphatic heterocycles. The predicted octanol–water partition coefficient (Wildman–Crippen LogP) is -0.289. The minimum atomic E-state index is -1.02. The van der Waals surface area contributed by atoms with Gasteiger partial charge in [0.15, 0.2) is 19.2 Å². The van der Waals surface area contributed by atoms with Crippen molar-refractivity contribution in [1.82, 2.24) is 14.9 Å². The molecule has 2 aliphatic rings. The number of likely N-dealkylation sites (N-methyl/N-ethyl adjacent to an activating group) is 1. The Hall–Kier alpha value is -1.47. The van der Waals surface area contributed by atoms with E-state index in [-0.39, 0.29) is 12.8 Å². The number of urea groups is 1. The number of carbonyl (C=O) groups excluding carboxylic acids is 1. The third kappa shape index (κ3) is 1.57. The number of amides is 2. The van der Waals surface area contributed by atoms with Gasteiger partial charge < -0.3 is 14.6 Å². The van der Waals surface area contributed by atoms with Gasteiger partial charge >= 0.3 is 6.03 Å². The molecule has 0 aromatic heterocycles. The molecule has 7 nitrogen and oxygen atoms in total. The number of ether oxygens (including phenoxy) is 2. The van der Waals surface area contributed by atoms with E-state index in [9.17, 15) is 9.90 Å². The summed E-state index contributed by atoms with van der Waals surface area (Å²) in [5.41, 5.74) is 0. The van der Waals surface area contributed by atoms with Gasteiger partial charge in [0.05, 0.1) is 6.20 Å². The molecule has 0 aromatic carbocycles. The molecular weight excluding hydrogens is 214 g/mol. The number of carbonyl (C=O) groups is 1. The fourth-order valence-corrected chi connectivity index (χ4v) is 1.74. The SMILES string of the molecule is CCOC1C(O)N(N2C=COC2)C(=O)N1C. The van der Waals surface area contributed by atoms with E-state index in [0.717, 1.165) is 0 Å². The summed E-state index contributed by atoms with van der Waals surface area (Å²) in [5.74, 6) is 0. The van der Waals surface area contributed by atoms with Crippen LogP contribution in [-0.2, 0) is 9.47 Å². The average molecular weight is 229 g/mol. The summed E-state index contributed by atoms with van der Waals surface area (Å²) in [6, 6.07) is -0.318. The molecule has 0 bridgehead atoms. The molecule has 90 valence electrons. The van der Waals surface area contributed by atoms with Crippen molar-refractivity contribution in [3.8, 4) is 0 Å². The standard InChI is InChI=1S/C9H15N3O4/c1-3-16-8-7(13)12(9(14)10(8)2)11-4-5-15-6-11/h4-5,7-8,13H,3,6H2,1-2H3. The zero-order valence-corrected chi connectivity index (χ0v) is 9.24. The maximum atomic E-state index is 11.9. The summed E-state index contributed by atoms with van der Waals surface area (Å²) in [7, 11) is 1.59. The van der Waals surface area contributed by atoms with Crippen LogP contribution in [0, 0.1) is 0 Å². The summed E-state index contributed by atoms with van der Waals surface area (Å²) in [6.45, 7) is 2.46. The Kier molecular flexibility index (Phi) is 2.88. The molecule has 7 heteroatoms. The van der Waals surface area contributed by atoms with Gasteiger partial charge in [0.25, 0.3) is 0 Å². The van der Waals surface area contributed by atoms with E-state index in [1.165, 1.54) is 21.2 Å². The van der Waals surface area contributed by atoms with Gasteiger partial charge in [0, 0.05) is 13.7 Å². The van der Waals surface area contributed by atoms with Crippen LogP contribution in [0.5, 0.6) is 0 Å². The highest BCUT2D eigenvalue weighted by atomic mass is 16.5. The molecule has 1 fully saturated rings. The number of hydrogen-bond acceptors (Lipinski definition) is 5. The van der Waals surface area contributed by atoms with Crippen molar-refractivity contribution < 1.29 is 19.4 Å². The first-order valence-corrected chi connectivity index (χ1v) is 5.07. The second-order valence-corrected chi connectivity index (χ2v) is 3.52. The first-order valence-electron chi connectivity index (χ1n) is 5.07. The van der Waals surface area contributed by atoms with Crippen molar-refractivity contribution in [1.29, 1.82) is 0 Å². The van der Waals surface area contributed by atoms with E-state index >= 15 is 0 Å². The Morgan fingerprint density at radius 3 is 3.00 bits per heavy atom. The van der Waals surface area contributed by atoms with Crippen molar-refractivity contribution in [3.05, 3.63) is 12.5 Å². The van der Waals surface area contributed by atoms with Crippen molar-refractivity contribution in [2.24, 2.45) is 0 Å². The van der Waals surface area contributed by atoms with Gasteiger partial charge in [-0.25, -0.2) is 9.80 Å². The van der Waals surface area contributed by atoms with Gasteiger partial charge in [-0.1, -0.05) is 0 Å². The van der Waals surface area contributed by atoms with Crippen molar-refractivity contribution in [2.75, 3.05) is 20.4 Å². The molecule has 2 atom stereocenters. The number of aliphatic hydroxyl groups excluding tert-OH is 1. The molecule has 0 spiro atoms. The third-order valence-electron chi connectivity index (χ3n) is 2.54. The zero-order chi connectivity index (χ0) is 11.7. The molecule has 0 aromatic rings. The zero-order valence-electron chi connectivity index (χ0n) is 9.24. The van der Waals surface area contributed by atoms with Crippen LogP contribution < -0.4 is 0 Å². The minimum Gasteiger partial charge on any atom is -0.477 e. The fraction of sp³-hybridized carbons (Fsp3) is 0.667. The molecular formula is C9H15N3O4. The minimum absolute atomic E-state index is 0.218. The van der Waals surface area contributed by atoms with E-state index < -0.39 is 12.5 Å². The highest BCUT2D eigenvalue weighted by molar-refractivity contribution is 5.76. The topological polar surface area (TPSA) is 65.5 Å². The highest BCUT2D eigenvalue weighted by Crippen LogP contribution is 2.24. The Labute approximate surface area is 93.4 Å². The van der Waals surface area contributed by atoms with Crippen LogP contribution in [0.3, 0.4) is 0 Å². The van der Waals surface area contributed by atoms with Crippen molar-refractivity contribution >= 4 is 6.03 Å². The van der Waals surface area contributed by atoms with E-state index in [1.807, 2.05) is 6.92 Å². The number of nitrogens with zero attached hydrogens (tertiary/aromatic N) is 3. The first kappa shape index (κ1) is 11.0. The molecule has 2 rings (SSSR count). The number of hydrazine groups is 1. The Morgan fingerprint density at radius 2 is 2.44 bits per heavy atom. The lowest BCUT2D eigenvalue weighted by Gasteiger charge is -2.28. The molecule has 2 heterocycles. The van der Waals surface area contributed by atoms with Gasteiger partial charge in [-0.3, -0.25) is 4.90 Å². The Morgan fingerprint density at radius 1 is 1.69 bits per heavy atom. The highest BCUT2D eigenvalue weighted by Gasteiger charge is 2.46.